The summed E-state index contributed by atoms with van der Waals surface area (Å²) in [5.74, 6) is -1.04. The fraction of sp³-hybridized carbons (Fsp3) is 0.182. The number of pyridine rings is 1. The Morgan fingerprint density at radius 3 is 2.69 bits per heavy atom. The first kappa shape index (κ1) is 19.3. The van der Waals surface area contributed by atoms with Gasteiger partial charge in [0.15, 0.2) is 0 Å². The third kappa shape index (κ3) is 3.91. The van der Waals surface area contributed by atoms with E-state index in [4.69, 9.17) is 4.74 Å². The largest absolute Gasteiger partial charge is 0.461 e. The predicted molar refractivity (Wildman–Crippen MR) is 110 cm³/mol. The van der Waals surface area contributed by atoms with Crippen molar-refractivity contribution >= 4 is 44.6 Å². The maximum atomic E-state index is 12.4. The van der Waals surface area contributed by atoms with Crippen LogP contribution in [0, 0.1) is 0 Å². The van der Waals surface area contributed by atoms with Crippen molar-refractivity contribution in [3.05, 3.63) is 75.9 Å². The molecular weight excluding hydrogens is 436 g/mol. The van der Waals surface area contributed by atoms with Crippen LogP contribution in [0.15, 0.2) is 59.2 Å². The number of carbonyl (C=O) groups excluding carboxylic acids is 3. The molecule has 2 amide bonds. The molecule has 1 aliphatic rings. The van der Waals surface area contributed by atoms with Crippen molar-refractivity contribution in [2.45, 2.75) is 19.4 Å². The van der Waals surface area contributed by atoms with Gasteiger partial charge in [-0.2, -0.15) is 0 Å². The summed E-state index contributed by atoms with van der Waals surface area (Å²) in [7, 11) is 0. The van der Waals surface area contributed by atoms with Gasteiger partial charge in [-0.1, -0.05) is 40.2 Å². The first-order chi connectivity index (χ1) is 14.0. The van der Waals surface area contributed by atoms with Crippen molar-refractivity contribution in [2.24, 2.45) is 0 Å². The quantitative estimate of drug-likeness (QED) is 0.415. The van der Waals surface area contributed by atoms with Gasteiger partial charge in [-0.15, -0.1) is 0 Å². The van der Waals surface area contributed by atoms with E-state index in [0.717, 1.165) is 20.9 Å². The highest BCUT2D eigenvalue weighted by Crippen LogP contribution is 2.26. The molecule has 4 rings (SSSR count). The highest BCUT2D eigenvalue weighted by atomic mass is 79.9. The number of halogens is 1. The van der Waals surface area contributed by atoms with Gasteiger partial charge in [-0.25, -0.2) is 0 Å². The number of hydrogen-bond acceptors (Lipinski definition) is 5. The minimum atomic E-state index is -0.378. The zero-order chi connectivity index (χ0) is 20.4. The molecule has 1 aliphatic heterocycles. The number of hydrogen-bond donors (Lipinski definition) is 0. The summed E-state index contributed by atoms with van der Waals surface area (Å²) in [6, 6.07) is 14.5. The van der Waals surface area contributed by atoms with Crippen LogP contribution in [0.3, 0.4) is 0 Å². The summed E-state index contributed by atoms with van der Waals surface area (Å²) in [5.41, 5.74) is 2.42. The van der Waals surface area contributed by atoms with Gasteiger partial charge in [-0.3, -0.25) is 24.3 Å². The monoisotopic (exact) mass is 452 g/mol. The van der Waals surface area contributed by atoms with Crippen molar-refractivity contribution in [3.63, 3.8) is 0 Å². The summed E-state index contributed by atoms with van der Waals surface area (Å²) in [5, 5.41) is 0.985. The SMILES string of the molecule is O=C(CCCN1C(=O)c2ccc(Br)cc2C1=O)OCc1cccc2cccnc12. The van der Waals surface area contributed by atoms with Crippen molar-refractivity contribution < 1.29 is 19.1 Å². The van der Waals surface area contributed by atoms with Crippen molar-refractivity contribution in [2.75, 3.05) is 6.54 Å². The molecular formula is C22H17BrN2O4. The minimum Gasteiger partial charge on any atom is -0.461 e. The third-order valence-corrected chi connectivity index (χ3v) is 5.29. The molecule has 0 aliphatic carbocycles. The molecule has 0 fully saturated rings. The number of aromatic nitrogens is 1. The molecule has 0 bridgehead atoms. The Balaban J connectivity index is 1.31. The summed E-state index contributed by atoms with van der Waals surface area (Å²) >= 11 is 3.31. The average molecular weight is 453 g/mol. The van der Waals surface area contributed by atoms with Crippen LogP contribution in [-0.4, -0.2) is 34.2 Å². The molecule has 0 N–H and O–H groups in total. The summed E-state index contributed by atoms with van der Waals surface area (Å²) in [6.07, 6.45) is 2.17. The number of amides is 2. The molecule has 0 unspecified atom stereocenters. The molecule has 0 saturated heterocycles. The number of carbonyl (C=O) groups is 3. The zero-order valence-electron chi connectivity index (χ0n) is 15.4. The number of ether oxygens (including phenoxy) is 1. The number of esters is 1. The lowest BCUT2D eigenvalue weighted by molar-refractivity contribution is -0.145. The molecule has 1 aromatic heterocycles. The van der Waals surface area contributed by atoms with Crippen LogP contribution in [0.1, 0.15) is 39.1 Å². The Morgan fingerprint density at radius 1 is 1.03 bits per heavy atom. The lowest BCUT2D eigenvalue weighted by Gasteiger charge is -2.13. The van der Waals surface area contributed by atoms with E-state index in [0.29, 0.717) is 17.5 Å². The van der Waals surface area contributed by atoms with Crippen LogP contribution in [0.5, 0.6) is 0 Å². The van der Waals surface area contributed by atoms with Crippen molar-refractivity contribution in [1.82, 2.24) is 9.88 Å². The number of rotatable bonds is 6. The van der Waals surface area contributed by atoms with E-state index < -0.39 is 0 Å². The van der Waals surface area contributed by atoms with Gasteiger partial charge in [0, 0.05) is 34.6 Å². The first-order valence-corrected chi connectivity index (χ1v) is 9.98. The number of nitrogens with zero attached hydrogens (tertiary/aromatic N) is 2. The Morgan fingerprint density at radius 2 is 1.83 bits per heavy atom. The van der Waals surface area contributed by atoms with E-state index in [1.165, 1.54) is 4.90 Å². The fourth-order valence-corrected chi connectivity index (χ4v) is 3.72. The van der Waals surface area contributed by atoms with E-state index in [1.54, 1.807) is 24.4 Å². The van der Waals surface area contributed by atoms with E-state index in [9.17, 15) is 14.4 Å². The first-order valence-electron chi connectivity index (χ1n) is 9.18. The zero-order valence-corrected chi connectivity index (χ0v) is 17.0. The predicted octanol–water partition coefficient (Wildman–Crippen LogP) is 4.12. The summed E-state index contributed by atoms with van der Waals surface area (Å²) in [6.45, 7) is 0.309. The second-order valence-corrected chi connectivity index (χ2v) is 7.62. The van der Waals surface area contributed by atoms with Crippen LogP contribution in [0.4, 0.5) is 0 Å². The van der Waals surface area contributed by atoms with Crippen LogP contribution in [0.2, 0.25) is 0 Å². The van der Waals surface area contributed by atoms with Gasteiger partial charge < -0.3 is 4.74 Å². The Hall–Kier alpha value is -3.06. The molecule has 7 heteroatoms. The van der Waals surface area contributed by atoms with Gasteiger partial charge in [0.1, 0.15) is 6.61 Å². The Kier molecular flexibility index (Phi) is 5.40. The van der Waals surface area contributed by atoms with E-state index in [1.807, 2.05) is 30.3 Å². The summed E-state index contributed by atoms with van der Waals surface area (Å²) in [4.78, 5) is 42.5. The van der Waals surface area contributed by atoms with E-state index in [2.05, 4.69) is 20.9 Å². The van der Waals surface area contributed by atoms with E-state index in [-0.39, 0.29) is 37.4 Å². The topological polar surface area (TPSA) is 76.6 Å². The molecule has 0 saturated carbocycles. The van der Waals surface area contributed by atoms with Gasteiger partial charge in [0.25, 0.3) is 11.8 Å². The number of fused-ring (bicyclic) bond motifs is 2. The summed E-state index contributed by atoms with van der Waals surface area (Å²) < 4.78 is 6.10. The number of imide groups is 1. The van der Waals surface area contributed by atoms with Crippen LogP contribution >= 0.6 is 15.9 Å². The van der Waals surface area contributed by atoms with Gasteiger partial charge in [-0.05, 0) is 30.7 Å². The molecule has 0 atom stereocenters. The molecule has 2 heterocycles. The molecule has 3 aromatic rings. The number of para-hydroxylation sites is 1. The Labute approximate surface area is 175 Å². The highest BCUT2D eigenvalue weighted by molar-refractivity contribution is 9.10. The lowest BCUT2D eigenvalue weighted by atomic mass is 10.1. The third-order valence-electron chi connectivity index (χ3n) is 4.80. The molecule has 0 spiro atoms. The second-order valence-electron chi connectivity index (χ2n) is 6.71. The highest BCUT2D eigenvalue weighted by Gasteiger charge is 2.35. The number of benzene rings is 2. The van der Waals surface area contributed by atoms with Gasteiger partial charge >= 0.3 is 5.97 Å². The molecule has 2 aromatic carbocycles. The maximum absolute atomic E-state index is 12.4. The van der Waals surface area contributed by atoms with Gasteiger partial charge in [0.05, 0.1) is 16.6 Å². The lowest BCUT2D eigenvalue weighted by Crippen LogP contribution is -2.31. The van der Waals surface area contributed by atoms with Crippen molar-refractivity contribution in [3.8, 4) is 0 Å². The maximum Gasteiger partial charge on any atom is 0.306 e. The minimum absolute atomic E-state index is 0.120. The smallest absolute Gasteiger partial charge is 0.306 e. The Bertz CT molecular complexity index is 1120. The molecule has 0 radical (unpaired) electrons. The van der Waals surface area contributed by atoms with Crippen molar-refractivity contribution in [1.29, 1.82) is 0 Å². The normalized spacial score (nSPS) is 13.1. The second kappa shape index (κ2) is 8.13. The molecule has 29 heavy (non-hydrogen) atoms. The standard InChI is InChI=1S/C22H17BrN2O4/c23-16-8-9-17-18(12-16)22(28)25(21(17)27)11-3-7-19(26)29-13-15-5-1-4-14-6-2-10-24-20(14)15/h1-2,4-6,8-10,12H,3,7,11,13H2. The van der Waals surface area contributed by atoms with Crippen LogP contribution in [0.25, 0.3) is 10.9 Å². The fourth-order valence-electron chi connectivity index (χ4n) is 3.36. The van der Waals surface area contributed by atoms with Gasteiger partial charge in [0.2, 0.25) is 0 Å². The van der Waals surface area contributed by atoms with E-state index >= 15 is 0 Å². The average Bonchev–Trinajstić information content (AvgIpc) is 2.96. The molecule has 6 nitrogen and oxygen atoms in total. The van der Waals surface area contributed by atoms with Crippen LogP contribution < -0.4 is 0 Å². The van der Waals surface area contributed by atoms with Crippen LogP contribution in [-0.2, 0) is 16.1 Å². The molecule has 146 valence electrons.